The van der Waals surface area contributed by atoms with Gasteiger partial charge < -0.3 is 10.2 Å². The fraction of sp³-hybridized carbons (Fsp3) is 0.429. The van der Waals surface area contributed by atoms with Gasteiger partial charge in [0.2, 0.25) is 0 Å². The van der Waals surface area contributed by atoms with Gasteiger partial charge >= 0.3 is 0 Å². The first-order valence-corrected chi connectivity index (χ1v) is 6.56. The topological polar surface area (TPSA) is 39.2 Å². The van der Waals surface area contributed by atoms with E-state index in [1.165, 1.54) is 10.9 Å². The molecule has 2 N–H and O–H groups in total. The predicted octanol–water partition coefficient (Wildman–Crippen LogP) is 4.26. The summed E-state index contributed by atoms with van der Waals surface area (Å²) in [6, 6.07) is 4.18. The molecule has 1 aromatic heterocycles. The van der Waals surface area contributed by atoms with E-state index >= 15 is 0 Å². The minimum absolute atomic E-state index is 0.0349. The summed E-state index contributed by atoms with van der Waals surface area (Å²) in [6.45, 7) is 9.06. The quantitative estimate of drug-likeness (QED) is 0.854. The van der Waals surface area contributed by atoms with Gasteiger partial charge in [0.25, 0.3) is 0 Å². The molecule has 0 aliphatic carbocycles. The number of hydrogen-bond acceptors (Lipinski definition) is 2. The lowest BCUT2D eigenvalue weighted by Crippen LogP contribution is -2.14. The van der Waals surface area contributed by atoms with Gasteiger partial charge in [0.1, 0.15) is 11.3 Å². The number of benzene rings is 1. The summed E-state index contributed by atoms with van der Waals surface area (Å²) in [7, 11) is 0. The minimum atomic E-state index is 0.0349. The summed E-state index contributed by atoms with van der Waals surface area (Å²) in [5, 5.41) is 1.17. The third-order valence-electron chi connectivity index (χ3n) is 2.95. The molecule has 0 saturated heterocycles. The first-order valence-electron chi connectivity index (χ1n) is 5.76. The van der Waals surface area contributed by atoms with Crippen molar-refractivity contribution in [2.75, 3.05) is 0 Å². The SMILES string of the molecule is Cc1cc(Br)cc2c(C(C)(C)C)c(CN)oc12. The second-order valence-electron chi connectivity index (χ2n) is 5.45. The first kappa shape index (κ1) is 12.7. The van der Waals surface area contributed by atoms with Crippen LogP contribution in [0.25, 0.3) is 11.0 Å². The van der Waals surface area contributed by atoms with E-state index in [4.69, 9.17) is 10.2 Å². The van der Waals surface area contributed by atoms with E-state index < -0.39 is 0 Å². The zero-order valence-corrected chi connectivity index (χ0v) is 12.3. The van der Waals surface area contributed by atoms with E-state index in [0.29, 0.717) is 6.54 Å². The Kier molecular flexibility index (Phi) is 3.08. The van der Waals surface area contributed by atoms with Crippen LogP contribution >= 0.6 is 15.9 Å². The van der Waals surface area contributed by atoms with Gasteiger partial charge in [-0.15, -0.1) is 0 Å². The summed E-state index contributed by atoms with van der Waals surface area (Å²) in [6.07, 6.45) is 0. The Morgan fingerprint density at radius 3 is 2.47 bits per heavy atom. The molecule has 2 rings (SSSR count). The second-order valence-corrected chi connectivity index (χ2v) is 6.37. The van der Waals surface area contributed by atoms with Crippen molar-refractivity contribution in [3.05, 3.63) is 33.5 Å². The van der Waals surface area contributed by atoms with Crippen molar-refractivity contribution in [3.8, 4) is 0 Å². The van der Waals surface area contributed by atoms with Crippen LogP contribution in [0.2, 0.25) is 0 Å². The third kappa shape index (κ3) is 2.14. The molecule has 0 bridgehead atoms. The van der Waals surface area contributed by atoms with Crippen LogP contribution in [-0.4, -0.2) is 0 Å². The average Bonchev–Trinajstić information content (AvgIpc) is 2.55. The Hall–Kier alpha value is -0.800. The summed E-state index contributed by atoms with van der Waals surface area (Å²) < 4.78 is 7.00. The first-order chi connectivity index (χ1) is 7.84. The fourth-order valence-electron chi connectivity index (χ4n) is 2.34. The normalized spacial score (nSPS) is 12.4. The Labute approximate surface area is 110 Å². The van der Waals surface area contributed by atoms with Crippen molar-refractivity contribution < 1.29 is 4.42 Å². The fourth-order valence-corrected chi connectivity index (χ4v) is 2.91. The van der Waals surface area contributed by atoms with Gasteiger partial charge in [0.15, 0.2) is 0 Å². The minimum Gasteiger partial charge on any atom is -0.459 e. The highest BCUT2D eigenvalue weighted by Gasteiger charge is 2.25. The highest BCUT2D eigenvalue weighted by atomic mass is 79.9. The Bertz CT molecular complexity index is 564. The molecule has 1 heterocycles. The molecule has 0 atom stereocenters. The summed E-state index contributed by atoms with van der Waals surface area (Å²) in [5.74, 6) is 0.897. The molecule has 3 heteroatoms. The molecule has 0 spiro atoms. The zero-order chi connectivity index (χ0) is 12.8. The third-order valence-corrected chi connectivity index (χ3v) is 3.41. The number of halogens is 1. The number of hydrogen-bond donors (Lipinski definition) is 1. The van der Waals surface area contributed by atoms with Crippen molar-refractivity contribution in [3.63, 3.8) is 0 Å². The molecule has 2 aromatic rings. The smallest absolute Gasteiger partial charge is 0.137 e. The van der Waals surface area contributed by atoms with Crippen LogP contribution in [-0.2, 0) is 12.0 Å². The number of fused-ring (bicyclic) bond motifs is 1. The van der Waals surface area contributed by atoms with E-state index in [2.05, 4.69) is 55.8 Å². The van der Waals surface area contributed by atoms with E-state index in [9.17, 15) is 0 Å². The molecular formula is C14H18BrNO. The molecule has 0 fully saturated rings. The lowest BCUT2D eigenvalue weighted by molar-refractivity contribution is 0.510. The van der Waals surface area contributed by atoms with Crippen molar-refractivity contribution in [2.24, 2.45) is 5.73 Å². The molecule has 0 aliphatic heterocycles. The summed E-state index contributed by atoms with van der Waals surface area (Å²) in [4.78, 5) is 0. The van der Waals surface area contributed by atoms with Crippen molar-refractivity contribution in [1.82, 2.24) is 0 Å². The maximum Gasteiger partial charge on any atom is 0.137 e. The molecule has 0 aliphatic rings. The Balaban J connectivity index is 2.88. The monoisotopic (exact) mass is 295 g/mol. The molecule has 2 nitrogen and oxygen atoms in total. The lowest BCUT2D eigenvalue weighted by atomic mass is 9.84. The number of aryl methyl sites for hydroxylation is 1. The van der Waals surface area contributed by atoms with Crippen LogP contribution in [0, 0.1) is 6.92 Å². The number of furan rings is 1. The molecule has 0 amide bonds. The zero-order valence-electron chi connectivity index (χ0n) is 10.7. The van der Waals surface area contributed by atoms with E-state index in [0.717, 1.165) is 21.4 Å². The van der Waals surface area contributed by atoms with Gasteiger partial charge in [-0.2, -0.15) is 0 Å². The van der Waals surface area contributed by atoms with Gasteiger partial charge in [-0.25, -0.2) is 0 Å². The maximum absolute atomic E-state index is 5.91. The van der Waals surface area contributed by atoms with Crippen LogP contribution in [0.1, 0.15) is 37.7 Å². The molecule has 92 valence electrons. The Morgan fingerprint density at radius 2 is 1.94 bits per heavy atom. The molecule has 0 saturated carbocycles. The molecule has 1 aromatic carbocycles. The molecule has 0 radical (unpaired) electrons. The van der Waals surface area contributed by atoms with Gasteiger partial charge in [0.05, 0.1) is 6.54 Å². The number of rotatable bonds is 1. The van der Waals surface area contributed by atoms with Crippen LogP contribution < -0.4 is 5.73 Å². The van der Waals surface area contributed by atoms with E-state index in [1.54, 1.807) is 0 Å². The second kappa shape index (κ2) is 4.14. The van der Waals surface area contributed by atoms with E-state index in [1.807, 2.05) is 0 Å². The highest BCUT2D eigenvalue weighted by molar-refractivity contribution is 9.10. The average molecular weight is 296 g/mol. The van der Waals surface area contributed by atoms with E-state index in [-0.39, 0.29) is 5.41 Å². The van der Waals surface area contributed by atoms with Gasteiger partial charge in [-0.1, -0.05) is 36.7 Å². The van der Waals surface area contributed by atoms with Crippen LogP contribution in [0.3, 0.4) is 0 Å². The molecule has 0 unspecified atom stereocenters. The van der Waals surface area contributed by atoms with Crippen molar-refractivity contribution >= 4 is 26.9 Å². The van der Waals surface area contributed by atoms with Gasteiger partial charge in [0, 0.05) is 15.4 Å². The predicted molar refractivity (Wildman–Crippen MR) is 75.2 cm³/mol. The van der Waals surface area contributed by atoms with Crippen molar-refractivity contribution in [1.29, 1.82) is 0 Å². The number of nitrogens with two attached hydrogens (primary N) is 1. The summed E-state index contributed by atoms with van der Waals surface area (Å²) >= 11 is 3.54. The highest BCUT2D eigenvalue weighted by Crippen LogP contribution is 2.38. The van der Waals surface area contributed by atoms with Crippen molar-refractivity contribution in [2.45, 2.75) is 39.7 Å². The van der Waals surface area contributed by atoms with Crippen LogP contribution in [0.15, 0.2) is 21.0 Å². The molecular weight excluding hydrogens is 278 g/mol. The molecule has 17 heavy (non-hydrogen) atoms. The lowest BCUT2D eigenvalue weighted by Gasteiger charge is -2.18. The van der Waals surface area contributed by atoms with Crippen LogP contribution in [0.4, 0.5) is 0 Å². The summed E-state index contributed by atoms with van der Waals surface area (Å²) in [5.41, 5.74) is 9.15. The van der Waals surface area contributed by atoms with Crippen LogP contribution in [0.5, 0.6) is 0 Å². The maximum atomic E-state index is 5.91. The van der Waals surface area contributed by atoms with Gasteiger partial charge in [-0.05, 0) is 30.0 Å². The standard InChI is InChI=1S/C14H18BrNO/c1-8-5-9(15)6-10-12(14(2,3)4)11(7-16)17-13(8)10/h5-6H,7,16H2,1-4H3. The Morgan fingerprint density at radius 1 is 1.29 bits per heavy atom. The largest absolute Gasteiger partial charge is 0.459 e. The van der Waals surface area contributed by atoms with Gasteiger partial charge in [-0.3, -0.25) is 0 Å².